The van der Waals surface area contributed by atoms with Crippen LogP contribution in [0.4, 0.5) is 5.13 Å². The van der Waals surface area contributed by atoms with Crippen LogP contribution in [-0.4, -0.2) is 47.7 Å². The molecule has 3 aromatic rings. The molecule has 0 unspecified atom stereocenters. The van der Waals surface area contributed by atoms with E-state index in [1.54, 1.807) is 11.3 Å². The van der Waals surface area contributed by atoms with Gasteiger partial charge in [-0.25, -0.2) is 4.98 Å². The third-order valence-electron chi connectivity index (χ3n) is 4.60. The minimum absolute atomic E-state index is 0.433. The molecule has 4 rings (SSSR count). The molecule has 1 saturated heterocycles. The van der Waals surface area contributed by atoms with Gasteiger partial charge in [-0.05, 0) is 23.8 Å². The fourth-order valence-electron chi connectivity index (χ4n) is 3.17. The molecule has 6 heteroatoms. The number of hydrogen-bond donors (Lipinski definition) is 1. The Morgan fingerprint density at radius 2 is 1.84 bits per heavy atom. The predicted molar refractivity (Wildman–Crippen MR) is 105 cm³/mol. The third-order valence-corrected chi connectivity index (χ3v) is 5.91. The molecular weight excluding hydrogens is 354 g/mol. The maximum absolute atomic E-state index is 10.4. The fraction of sp³-hybridized carbons (Fsp3) is 0.316. The van der Waals surface area contributed by atoms with Crippen LogP contribution in [-0.2, 0) is 0 Å². The van der Waals surface area contributed by atoms with Crippen LogP contribution in [0, 0.1) is 0 Å². The lowest BCUT2D eigenvalue weighted by molar-refractivity contribution is 0.109. The first-order valence-corrected chi connectivity index (χ1v) is 9.65. The van der Waals surface area contributed by atoms with Gasteiger partial charge < -0.3 is 10.0 Å². The molecule has 1 aliphatic heterocycles. The van der Waals surface area contributed by atoms with Crippen molar-refractivity contribution in [3.63, 3.8) is 0 Å². The van der Waals surface area contributed by atoms with Crippen LogP contribution in [0.2, 0.25) is 5.02 Å². The molecule has 0 bridgehead atoms. The van der Waals surface area contributed by atoms with E-state index >= 15 is 0 Å². The Labute approximate surface area is 156 Å². The first kappa shape index (κ1) is 16.8. The SMILES string of the molecule is O[C@@H](CN1CCN(c2nc3ccc(Cl)cc3s2)CC1)c1ccccc1. The fourth-order valence-corrected chi connectivity index (χ4v) is 4.46. The van der Waals surface area contributed by atoms with E-state index in [4.69, 9.17) is 16.6 Å². The number of thiazole rings is 1. The van der Waals surface area contributed by atoms with Crippen LogP contribution in [0.5, 0.6) is 0 Å². The van der Waals surface area contributed by atoms with Gasteiger partial charge in [-0.2, -0.15) is 0 Å². The summed E-state index contributed by atoms with van der Waals surface area (Å²) < 4.78 is 1.13. The van der Waals surface area contributed by atoms with Crippen molar-refractivity contribution < 1.29 is 5.11 Å². The van der Waals surface area contributed by atoms with E-state index in [2.05, 4.69) is 9.80 Å². The summed E-state index contributed by atoms with van der Waals surface area (Å²) in [5, 5.41) is 12.2. The first-order valence-electron chi connectivity index (χ1n) is 8.45. The highest BCUT2D eigenvalue weighted by molar-refractivity contribution is 7.22. The van der Waals surface area contributed by atoms with Gasteiger partial charge in [-0.15, -0.1) is 0 Å². The molecule has 2 heterocycles. The van der Waals surface area contributed by atoms with E-state index < -0.39 is 6.10 Å². The molecule has 1 aliphatic rings. The van der Waals surface area contributed by atoms with Gasteiger partial charge in [0.05, 0.1) is 16.3 Å². The lowest BCUT2D eigenvalue weighted by Crippen LogP contribution is -2.47. The number of aliphatic hydroxyl groups excluding tert-OH is 1. The molecule has 0 aliphatic carbocycles. The zero-order chi connectivity index (χ0) is 17.2. The molecule has 2 aromatic carbocycles. The van der Waals surface area contributed by atoms with Crippen molar-refractivity contribution in [2.45, 2.75) is 6.10 Å². The summed E-state index contributed by atoms with van der Waals surface area (Å²) in [4.78, 5) is 9.37. The quantitative estimate of drug-likeness (QED) is 0.755. The van der Waals surface area contributed by atoms with Gasteiger partial charge in [0.2, 0.25) is 0 Å². The number of halogens is 1. The summed E-state index contributed by atoms with van der Waals surface area (Å²) in [6, 6.07) is 15.7. The van der Waals surface area contributed by atoms with Crippen molar-refractivity contribution in [2.24, 2.45) is 0 Å². The summed E-state index contributed by atoms with van der Waals surface area (Å²) in [7, 11) is 0. The lowest BCUT2D eigenvalue weighted by atomic mass is 10.1. The van der Waals surface area contributed by atoms with Gasteiger partial charge in [-0.3, -0.25) is 4.90 Å². The smallest absolute Gasteiger partial charge is 0.186 e. The monoisotopic (exact) mass is 373 g/mol. The second kappa shape index (κ2) is 7.30. The van der Waals surface area contributed by atoms with Gasteiger partial charge in [0.25, 0.3) is 0 Å². The first-order chi connectivity index (χ1) is 12.2. The average Bonchev–Trinajstić information content (AvgIpc) is 3.06. The molecule has 130 valence electrons. The molecule has 25 heavy (non-hydrogen) atoms. The Morgan fingerprint density at radius 3 is 2.60 bits per heavy atom. The van der Waals surface area contributed by atoms with Crippen molar-refractivity contribution in [1.29, 1.82) is 0 Å². The highest BCUT2D eigenvalue weighted by Crippen LogP contribution is 2.31. The molecule has 4 nitrogen and oxygen atoms in total. The van der Waals surface area contributed by atoms with Gasteiger partial charge in [0.1, 0.15) is 0 Å². The van der Waals surface area contributed by atoms with Crippen molar-refractivity contribution >= 4 is 38.3 Å². The Kier molecular flexibility index (Phi) is 4.90. The van der Waals surface area contributed by atoms with E-state index in [0.717, 1.165) is 52.1 Å². The summed E-state index contributed by atoms with van der Waals surface area (Å²) >= 11 is 7.76. The van der Waals surface area contributed by atoms with E-state index in [0.29, 0.717) is 6.54 Å². The number of rotatable bonds is 4. The number of anilines is 1. The van der Waals surface area contributed by atoms with Crippen LogP contribution in [0.25, 0.3) is 10.2 Å². The molecule has 1 aromatic heterocycles. The van der Waals surface area contributed by atoms with Crippen molar-refractivity contribution in [2.75, 3.05) is 37.6 Å². The second-order valence-corrected chi connectivity index (χ2v) is 7.77. The molecule has 1 N–H and O–H groups in total. The Morgan fingerprint density at radius 1 is 1.08 bits per heavy atom. The third kappa shape index (κ3) is 3.80. The standard InChI is InChI=1S/C19H20ClN3OS/c20-15-6-7-16-18(12-15)25-19(21-16)23-10-8-22(9-11-23)13-17(24)14-4-2-1-3-5-14/h1-7,12,17,24H,8-11,13H2/t17-/m0/s1. The van der Waals surface area contributed by atoms with E-state index in [1.165, 1.54) is 0 Å². The van der Waals surface area contributed by atoms with E-state index in [1.807, 2.05) is 48.5 Å². The largest absolute Gasteiger partial charge is 0.387 e. The number of aliphatic hydroxyl groups is 1. The summed E-state index contributed by atoms with van der Waals surface area (Å²) in [5.41, 5.74) is 1.99. The molecular formula is C19H20ClN3OS. The van der Waals surface area contributed by atoms with Crippen LogP contribution in [0.15, 0.2) is 48.5 Å². The predicted octanol–water partition coefficient (Wildman–Crippen LogP) is 3.81. The van der Waals surface area contributed by atoms with Crippen molar-refractivity contribution in [3.05, 3.63) is 59.1 Å². The van der Waals surface area contributed by atoms with Gasteiger partial charge in [0.15, 0.2) is 5.13 Å². The number of aromatic nitrogens is 1. The Bertz CT molecular complexity index is 846. The summed E-state index contributed by atoms with van der Waals surface area (Å²) in [6.45, 7) is 4.39. The number of nitrogens with zero attached hydrogens (tertiary/aromatic N) is 3. The van der Waals surface area contributed by atoms with E-state index in [-0.39, 0.29) is 0 Å². The molecule has 1 atom stereocenters. The maximum Gasteiger partial charge on any atom is 0.186 e. The van der Waals surface area contributed by atoms with Crippen LogP contribution in [0.3, 0.4) is 0 Å². The number of piperazine rings is 1. The summed E-state index contributed by atoms with van der Waals surface area (Å²) in [5.74, 6) is 0. The van der Waals surface area contributed by atoms with Crippen molar-refractivity contribution in [1.82, 2.24) is 9.88 Å². The zero-order valence-corrected chi connectivity index (χ0v) is 15.4. The van der Waals surface area contributed by atoms with Gasteiger partial charge in [0, 0.05) is 37.7 Å². The highest BCUT2D eigenvalue weighted by atomic mass is 35.5. The molecule has 1 fully saturated rings. The maximum atomic E-state index is 10.4. The van der Waals surface area contributed by atoms with E-state index in [9.17, 15) is 5.11 Å². The lowest BCUT2D eigenvalue weighted by Gasteiger charge is -2.35. The number of fused-ring (bicyclic) bond motifs is 1. The molecule has 0 amide bonds. The molecule has 0 saturated carbocycles. The number of benzene rings is 2. The summed E-state index contributed by atoms with van der Waals surface area (Å²) in [6.07, 6.45) is -0.433. The van der Waals surface area contributed by atoms with Crippen LogP contribution in [0.1, 0.15) is 11.7 Å². The Hall–Kier alpha value is -1.66. The van der Waals surface area contributed by atoms with Crippen molar-refractivity contribution in [3.8, 4) is 0 Å². The zero-order valence-electron chi connectivity index (χ0n) is 13.8. The number of hydrogen-bond acceptors (Lipinski definition) is 5. The molecule has 0 spiro atoms. The topological polar surface area (TPSA) is 39.6 Å². The number of β-amino-alcohol motifs (C(OH)–C–C–N with tert-alkyl or cyclic N) is 1. The molecule has 0 radical (unpaired) electrons. The second-order valence-electron chi connectivity index (χ2n) is 6.32. The minimum atomic E-state index is -0.433. The highest BCUT2D eigenvalue weighted by Gasteiger charge is 2.22. The average molecular weight is 374 g/mol. The van der Waals surface area contributed by atoms with Crippen LogP contribution >= 0.6 is 22.9 Å². The normalized spacial score (nSPS) is 17.1. The Balaban J connectivity index is 1.37. The van der Waals surface area contributed by atoms with Gasteiger partial charge in [-0.1, -0.05) is 53.3 Å². The minimum Gasteiger partial charge on any atom is -0.387 e. The van der Waals surface area contributed by atoms with Crippen LogP contribution < -0.4 is 4.90 Å². The van der Waals surface area contributed by atoms with Gasteiger partial charge >= 0.3 is 0 Å².